The zero-order chi connectivity index (χ0) is 23.6. The summed E-state index contributed by atoms with van der Waals surface area (Å²) in [6, 6.07) is 14.2. The monoisotopic (exact) mass is 484 g/mol. The number of carbonyl (C=O) groups excluding carboxylic acids is 1. The molecule has 0 bridgehead atoms. The first-order chi connectivity index (χ1) is 15.7. The molecule has 0 saturated carbocycles. The first kappa shape index (κ1) is 22.8. The molecule has 0 aliphatic rings. The van der Waals surface area contributed by atoms with Crippen molar-refractivity contribution in [3.05, 3.63) is 83.3 Å². The summed E-state index contributed by atoms with van der Waals surface area (Å²) in [4.78, 5) is 16.5. The number of furan rings is 1. The van der Waals surface area contributed by atoms with Crippen molar-refractivity contribution in [2.45, 2.75) is 36.3 Å². The van der Waals surface area contributed by atoms with Crippen LogP contribution in [0, 0.1) is 0 Å². The minimum Gasteiger partial charge on any atom is -0.490 e. The number of ether oxygens (including phenoxy) is 1. The quantitative estimate of drug-likeness (QED) is 0.395. The van der Waals surface area contributed by atoms with Crippen molar-refractivity contribution in [1.82, 2.24) is 10.3 Å². The van der Waals surface area contributed by atoms with E-state index in [1.165, 1.54) is 18.2 Å². The average molecular weight is 485 g/mol. The molecule has 9 heteroatoms. The van der Waals surface area contributed by atoms with Crippen LogP contribution in [0.5, 0.6) is 5.75 Å². The molecule has 0 spiro atoms. The van der Waals surface area contributed by atoms with E-state index in [0.717, 1.165) is 10.9 Å². The summed E-state index contributed by atoms with van der Waals surface area (Å²) in [6.45, 7) is 3.83. The highest BCUT2D eigenvalue weighted by molar-refractivity contribution is 7.91. The summed E-state index contributed by atoms with van der Waals surface area (Å²) < 4.78 is 37.6. The molecule has 0 aliphatic heterocycles. The maximum absolute atomic E-state index is 13.2. The fourth-order valence-electron chi connectivity index (χ4n) is 3.22. The first-order valence-corrected chi connectivity index (χ1v) is 12.0. The van der Waals surface area contributed by atoms with E-state index in [1.54, 1.807) is 48.8 Å². The molecular formula is C24H21ClN2O5S. The van der Waals surface area contributed by atoms with E-state index in [2.05, 4.69) is 10.3 Å². The van der Waals surface area contributed by atoms with E-state index in [0.29, 0.717) is 10.6 Å². The highest BCUT2D eigenvalue weighted by atomic mass is 35.5. The van der Waals surface area contributed by atoms with E-state index in [9.17, 15) is 13.2 Å². The van der Waals surface area contributed by atoms with Gasteiger partial charge in [-0.2, -0.15) is 0 Å². The third-order valence-electron chi connectivity index (χ3n) is 4.79. The van der Waals surface area contributed by atoms with Gasteiger partial charge in [0.05, 0.1) is 17.2 Å². The molecule has 0 aliphatic carbocycles. The number of sulfone groups is 1. The third kappa shape index (κ3) is 5.02. The summed E-state index contributed by atoms with van der Waals surface area (Å²) in [6.07, 6.45) is 2.97. The second-order valence-electron chi connectivity index (χ2n) is 7.61. The van der Waals surface area contributed by atoms with Gasteiger partial charge in [0.25, 0.3) is 5.91 Å². The molecule has 0 radical (unpaired) electrons. The number of halogens is 1. The van der Waals surface area contributed by atoms with Crippen molar-refractivity contribution in [2.75, 3.05) is 0 Å². The Balaban J connectivity index is 1.50. The molecule has 4 rings (SSSR count). The van der Waals surface area contributed by atoms with Gasteiger partial charge in [0.2, 0.25) is 9.84 Å². The van der Waals surface area contributed by atoms with Gasteiger partial charge in [-0.15, -0.1) is 0 Å². The molecule has 0 unspecified atom stereocenters. The molecule has 2 aromatic carbocycles. The Morgan fingerprint density at radius 3 is 2.58 bits per heavy atom. The fourth-order valence-corrected chi connectivity index (χ4v) is 4.87. The normalized spacial score (nSPS) is 11.6. The molecule has 170 valence electrons. The Hall–Kier alpha value is -3.36. The number of nitrogens with zero attached hydrogens (tertiary/aromatic N) is 1. The number of carbonyl (C=O) groups is 1. The van der Waals surface area contributed by atoms with Gasteiger partial charge in [-0.3, -0.25) is 9.78 Å². The van der Waals surface area contributed by atoms with E-state index in [4.69, 9.17) is 20.8 Å². The molecular weight excluding hydrogens is 464 g/mol. The first-order valence-electron chi connectivity index (χ1n) is 10.2. The highest BCUT2D eigenvalue weighted by Gasteiger charge is 2.23. The molecule has 0 atom stereocenters. The van der Waals surface area contributed by atoms with Crippen molar-refractivity contribution in [3.63, 3.8) is 0 Å². The van der Waals surface area contributed by atoms with E-state index >= 15 is 0 Å². The molecule has 0 fully saturated rings. The Labute approximate surface area is 196 Å². The second kappa shape index (κ2) is 9.25. The predicted octanol–water partition coefficient (Wildman–Crippen LogP) is 5.03. The summed E-state index contributed by atoms with van der Waals surface area (Å²) in [5.74, 6) is 0.0416. The third-order valence-corrected chi connectivity index (χ3v) is 6.82. The lowest BCUT2D eigenvalue weighted by molar-refractivity contribution is 0.0925. The molecule has 2 heterocycles. The number of amides is 1. The van der Waals surface area contributed by atoms with Gasteiger partial charge in [-0.05, 0) is 61.9 Å². The SMILES string of the molecule is CC(C)Oc1ccc(Cl)cc1S(=O)(=O)c1ccc(CNC(=O)c2cc3ccncc3o2)cc1. The Morgan fingerprint density at radius 1 is 1.12 bits per heavy atom. The Kier molecular flexibility index (Phi) is 6.40. The van der Waals surface area contributed by atoms with Gasteiger partial charge in [0.1, 0.15) is 10.6 Å². The van der Waals surface area contributed by atoms with Crippen LogP contribution in [0.25, 0.3) is 11.0 Å². The Bertz CT molecular complexity index is 1380. The van der Waals surface area contributed by atoms with E-state index in [1.807, 2.05) is 13.8 Å². The van der Waals surface area contributed by atoms with Crippen LogP contribution in [0.3, 0.4) is 0 Å². The summed E-state index contributed by atoms with van der Waals surface area (Å²) in [5, 5.41) is 3.84. The topological polar surface area (TPSA) is 98.5 Å². The van der Waals surface area contributed by atoms with Crippen LogP contribution in [0.1, 0.15) is 30.0 Å². The minimum absolute atomic E-state index is 0.00382. The molecule has 7 nitrogen and oxygen atoms in total. The molecule has 33 heavy (non-hydrogen) atoms. The zero-order valence-corrected chi connectivity index (χ0v) is 19.5. The van der Waals surface area contributed by atoms with Crippen LogP contribution in [0.4, 0.5) is 0 Å². The lowest BCUT2D eigenvalue weighted by Crippen LogP contribution is -2.22. The van der Waals surface area contributed by atoms with Crippen molar-refractivity contribution < 1.29 is 22.4 Å². The van der Waals surface area contributed by atoms with Crippen LogP contribution in [-0.4, -0.2) is 25.4 Å². The van der Waals surface area contributed by atoms with Gasteiger partial charge >= 0.3 is 0 Å². The van der Waals surface area contributed by atoms with Crippen LogP contribution in [0.15, 0.2) is 81.2 Å². The van der Waals surface area contributed by atoms with Gasteiger partial charge in [-0.1, -0.05) is 23.7 Å². The largest absolute Gasteiger partial charge is 0.490 e. The maximum atomic E-state index is 13.2. The standard InChI is InChI=1S/C24H21ClN2O5S/c1-15(2)31-20-8-5-18(25)12-23(20)33(29,30)19-6-3-16(4-7-19)13-27-24(28)21-11-17-9-10-26-14-22(17)32-21/h3-12,14-15H,13H2,1-2H3,(H,27,28). The summed E-state index contributed by atoms with van der Waals surface area (Å²) in [5.41, 5.74) is 1.25. The van der Waals surface area contributed by atoms with Crippen molar-refractivity contribution in [3.8, 4) is 5.75 Å². The van der Waals surface area contributed by atoms with Gasteiger partial charge in [0.15, 0.2) is 11.3 Å². The van der Waals surface area contributed by atoms with Crippen LogP contribution in [-0.2, 0) is 16.4 Å². The Morgan fingerprint density at radius 2 is 1.88 bits per heavy atom. The number of hydrogen-bond acceptors (Lipinski definition) is 6. The maximum Gasteiger partial charge on any atom is 0.287 e. The zero-order valence-electron chi connectivity index (χ0n) is 17.9. The number of nitrogens with one attached hydrogen (secondary N) is 1. The van der Waals surface area contributed by atoms with Crippen molar-refractivity contribution in [2.24, 2.45) is 0 Å². The van der Waals surface area contributed by atoms with Gasteiger partial charge in [-0.25, -0.2) is 8.42 Å². The number of pyridine rings is 1. The van der Waals surface area contributed by atoms with E-state index < -0.39 is 9.84 Å². The van der Waals surface area contributed by atoms with Crippen LogP contribution >= 0.6 is 11.6 Å². The second-order valence-corrected chi connectivity index (χ2v) is 9.97. The number of aromatic nitrogens is 1. The fraction of sp³-hybridized carbons (Fsp3) is 0.167. The lowest BCUT2D eigenvalue weighted by Gasteiger charge is -2.15. The predicted molar refractivity (Wildman–Crippen MR) is 124 cm³/mol. The lowest BCUT2D eigenvalue weighted by atomic mass is 10.2. The average Bonchev–Trinajstić information content (AvgIpc) is 3.23. The van der Waals surface area contributed by atoms with E-state index in [-0.39, 0.29) is 39.9 Å². The van der Waals surface area contributed by atoms with Crippen molar-refractivity contribution in [1.29, 1.82) is 0 Å². The molecule has 2 aromatic heterocycles. The smallest absolute Gasteiger partial charge is 0.287 e. The molecule has 0 saturated heterocycles. The van der Waals surface area contributed by atoms with Gasteiger partial charge < -0.3 is 14.5 Å². The molecule has 1 N–H and O–H groups in total. The number of hydrogen-bond donors (Lipinski definition) is 1. The minimum atomic E-state index is -3.86. The van der Waals surface area contributed by atoms with Gasteiger partial charge in [0, 0.05) is 23.2 Å². The summed E-state index contributed by atoms with van der Waals surface area (Å²) >= 11 is 6.05. The number of benzene rings is 2. The highest BCUT2D eigenvalue weighted by Crippen LogP contribution is 2.32. The van der Waals surface area contributed by atoms with Crippen molar-refractivity contribution >= 4 is 38.3 Å². The number of fused-ring (bicyclic) bond motifs is 1. The van der Waals surface area contributed by atoms with Crippen LogP contribution in [0.2, 0.25) is 5.02 Å². The van der Waals surface area contributed by atoms with Crippen LogP contribution < -0.4 is 10.1 Å². The summed E-state index contributed by atoms with van der Waals surface area (Å²) in [7, 11) is -3.86. The molecule has 1 amide bonds. The molecule has 4 aromatic rings. The number of rotatable bonds is 7.